The first kappa shape index (κ1) is 16.9. The number of para-hydroxylation sites is 1. The molecule has 0 saturated carbocycles. The van der Waals surface area contributed by atoms with Crippen molar-refractivity contribution in [3.05, 3.63) is 42.5 Å². The minimum atomic E-state index is -0.250. The normalized spacial score (nSPS) is 14.8. The number of H-pyrrole nitrogens is 1. The van der Waals surface area contributed by atoms with Gasteiger partial charge in [0.2, 0.25) is 0 Å². The van der Waals surface area contributed by atoms with E-state index < -0.39 is 0 Å². The second-order valence-electron chi connectivity index (χ2n) is 5.89. The zero-order valence-corrected chi connectivity index (χ0v) is 14.1. The van der Waals surface area contributed by atoms with Crippen LogP contribution in [0.15, 0.2) is 42.5 Å². The van der Waals surface area contributed by atoms with E-state index in [1.807, 2.05) is 24.3 Å². The number of fused-ring (bicyclic) bond motifs is 1. The maximum atomic E-state index is 8.36. The third-order valence-corrected chi connectivity index (χ3v) is 4.27. The van der Waals surface area contributed by atoms with Crippen molar-refractivity contribution in [3.8, 4) is 11.4 Å². The highest BCUT2D eigenvalue weighted by Crippen LogP contribution is 2.26. The van der Waals surface area contributed by atoms with Crippen molar-refractivity contribution in [2.45, 2.75) is 0 Å². The summed E-state index contributed by atoms with van der Waals surface area (Å²) < 4.78 is 0. The molecule has 3 aromatic rings. The van der Waals surface area contributed by atoms with Crippen LogP contribution in [0.25, 0.3) is 22.3 Å². The molecule has 0 amide bonds. The van der Waals surface area contributed by atoms with Gasteiger partial charge in [0.1, 0.15) is 11.5 Å². The number of hydrogen-bond donors (Lipinski definition) is 2. The molecule has 25 heavy (non-hydrogen) atoms. The summed E-state index contributed by atoms with van der Waals surface area (Å²) in [6.45, 7) is 3.96. The predicted octanol–water partition coefficient (Wildman–Crippen LogP) is 2.08. The zero-order chi connectivity index (χ0) is 17.6. The van der Waals surface area contributed by atoms with E-state index in [4.69, 9.17) is 14.9 Å². The summed E-state index contributed by atoms with van der Waals surface area (Å²) in [5, 5.41) is 15.5. The van der Waals surface area contributed by atoms with E-state index in [0.29, 0.717) is 0 Å². The van der Waals surface area contributed by atoms with Crippen molar-refractivity contribution < 1.29 is 9.90 Å². The predicted molar refractivity (Wildman–Crippen MR) is 97.7 cm³/mol. The van der Waals surface area contributed by atoms with Gasteiger partial charge in [-0.05, 0) is 25.2 Å². The Hall–Kier alpha value is -2.93. The fraction of sp³-hybridized carbons (Fsp3) is 0.278. The number of nitrogens with one attached hydrogen (secondary N) is 1. The molecule has 2 aromatic heterocycles. The Labute approximate surface area is 145 Å². The van der Waals surface area contributed by atoms with E-state index >= 15 is 0 Å². The van der Waals surface area contributed by atoms with E-state index in [1.165, 1.54) is 0 Å². The number of carbonyl (C=O) groups is 1. The van der Waals surface area contributed by atoms with E-state index in [0.717, 1.165) is 54.3 Å². The molecule has 1 aliphatic rings. The highest BCUT2D eigenvalue weighted by molar-refractivity contribution is 5.91. The Morgan fingerprint density at radius 1 is 1.08 bits per heavy atom. The van der Waals surface area contributed by atoms with Crippen LogP contribution in [0, 0.1) is 0 Å². The van der Waals surface area contributed by atoms with Crippen molar-refractivity contribution in [2.75, 3.05) is 38.1 Å². The topological polar surface area (TPSA) is 85.4 Å². The monoisotopic (exact) mass is 339 g/mol. The summed E-state index contributed by atoms with van der Waals surface area (Å²) in [7, 11) is 2.16. The molecule has 1 aromatic carbocycles. The first-order valence-electron chi connectivity index (χ1n) is 8.15. The lowest BCUT2D eigenvalue weighted by Gasteiger charge is -2.33. The summed E-state index contributed by atoms with van der Waals surface area (Å²) in [6, 6.07) is 14.4. The van der Waals surface area contributed by atoms with Gasteiger partial charge in [-0.15, -0.1) is 0 Å². The first-order valence-corrected chi connectivity index (χ1v) is 8.15. The van der Waals surface area contributed by atoms with Crippen LogP contribution in [-0.4, -0.2) is 64.9 Å². The van der Waals surface area contributed by atoms with E-state index in [-0.39, 0.29) is 6.47 Å². The molecular weight excluding hydrogens is 318 g/mol. The van der Waals surface area contributed by atoms with Crippen molar-refractivity contribution >= 4 is 23.2 Å². The van der Waals surface area contributed by atoms with E-state index in [1.54, 1.807) is 0 Å². The van der Waals surface area contributed by atoms with Crippen molar-refractivity contribution in [2.24, 2.45) is 0 Å². The smallest absolute Gasteiger partial charge is 0.290 e. The number of anilines is 1. The van der Waals surface area contributed by atoms with Gasteiger partial charge in [0.15, 0.2) is 0 Å². The molecule has 0 spiro atoms. The average Bonchev–Trinajstić information content (AvgIpc) is 3.07. The quantitative estimate of drug-likeness (QED) is 0.695. The number of nitrogens with zero attached hydrogens (tertiary/aromatic N) is 4. The maximum absolute atomic E-state index is 8.36. The molecule has 4 rings (SSSR count). The third kappa shape index (κ3) is 3.77. The second kappa shape index (κ2) is 7.76. The molecule has 1 saturated heterocycles. The lowest BCUT2D eigenvalue weighted by Crippen LogP contribution is -2.44. The second-order valence-corrected chi connectivity index (χ2v) is 5.89. The molecule has 0 unspecified atom stereocenters. The van der Waals surface area contributed by atoms with Crippen LogP contribution in [0.3, 0.4) is 0 Å². The molecule has 1 aliphatic heterocycles. The summed E-state index contributed by atoms with van der Waals surface area (Å²) in [6.07, 6.45) is 0. The summed E-state index contributed by atoms with van der Waals surface area (Å²) in [5.41, 5.74) is 2.89. The summed E-state index contributed by atoms with van der Waals surface area (Å²) in [4.78, 5) is 17.9. The molecule has 2 N–H and O–H groups in total. The zero-order valence-electron chi connectivity index (χ0n) is 14.1. The number of benzene rings is 1. The number of likely N-dealkylation sites (N-methyl/N-ethyl adjacent to an activating group) is 1. The van der Waals surface area contributed by atoms with Crippen LogP contribution in [-0.2, 0) is 4.79 Å². The number of aromatic nitrogens is 3. The van der Waals surface area contributed by atoms with Crippen LogP contribution >= 0.6 is 0 Å². The Morgan fingerprint density at radius 3 is 2.56 bits per heavy atom. The molecule has 0 radical (unpaired) electrons. The number of aromatic amines is 1. The Morgan fingerprint density at radius 2 is 1.80 bits per heavy atom. The van der Waals surface area contributed by atoms with Crippen LogP contribution in [0.1, 0.15) is 0 Å². The number of carboxylic acid groups (broad SMARTS) is 1. The molecular formula is C18H21N5O2. The van der Waals surface area contributed by atoms with Gasteiger partial charge in [0, 0.05) is 31.6 Å². The lowest BCUT2D eigenvalue weighted by atomic mass is 10.1. The van der Waals surface area contributed by atoms with Crippen LogP contribution in [0.5, 0.6) is 0 Å². The van der Waals surface area contributed by atoms with Gasteiger partial charge in [-0.25, -0.2) is 4.98 Å². The molecule has 0 bridgehead atoms. The molecule has 0 atom stereocenters. The number of pyridine rings is 1. The van der Waals surface area contributed by atoms with Crippen LogP contribution < -0.4 is 4.90 Å². The molecule has 0 aliphatic carbocycles. The highest BCUT2D eigenvalue weighted by atomic mass is 16.3. The van der Waals surface area contributed by atoms with Crippen molar-refractivity contribution in [3.63, 3.8) is 0 Å². The van der Waals surface area contributed by atoms with Gasteiger partial charge in [-0.1, -0.05) is 24.3 Å². The Kier molecular flexibility index (Phi) is 5.25. The lowest BCUT2D eigenvalue weighted by molar-refractivity contribution is -0.122. The molecule has 7 heteroatoms. The average molecular weight is 339 g/mol. The molecule has 1 fully saturated rings. The minimum Gasteiger partial charge on any atom is -0.483 e. The first-order chi connectivity index (χ1) is 12.2. The SMILES string of the molecule is CN1CCN(c2cccc(-c3n[nH]c4ccccc34)n2)CC1.O=CO. The molecule has 7 nitrogen and oxygen atoms in total. The summed E-state index contributed by atoms with van der Waals surface area (Å²) in [5.74, 6) is 1.04. The van der Waals surface area contributed by atoms with Gasteiger partial charge in [0.05, 0.1) is 11.2 Å². The maximum Gasteiger partial charge on any atom is 0.290 e. The van der Waals surface area contributed by atoms with Gasteiger partial charge < -0.3 is 14.9 Å². The van der Waals surface area contributed by atoms with Crippen molar-refractivity contribution in [1.82, 2.24) is 20.1 Å². The standard InChI is InChI=1S/C17H19N5.CH2O2/c1-21-9-11-22(12-10-21)16-8-4-7-15(18-16)17-13-5-2-3-6-14(13)19-20-17;2-1-3/h2-8H,9-12H2,1H3,(H,19,20);1H,(H,2,3). The van der Waals surface area contributed by atoms with Gasteiger partial charge >= 0.3 is 0 Å². The third-order valence-electron chi connectivity index (χ3n) is 4.27. The van der Waals surface area contributed by atoms with E-state index in [9.17, 15) is 0 Å². The molecule has 130 valence electrons. The largest absolute Gasteiger partial charge is 0.483 e. The minimum absolute atomic E-state index is 0.250. The van der Waals surface area contributed by atoms with Crippen LogP contribution in [0.2, 0.25) is 0 Å². The summed E-state index contributed by atoms with van der Waals surface area (Å²) >= 11 is 0. The Bertz CT molecular complexity index is 840. The van der Waals surface area contributed by atoms with Gasteiger partial charge in [-0.3, -0.25) is 9.89 Å². The van der Waals surface area contributed by atoms with Crippen molar-refractivity contribution in [1.29, 1.82) is 0 Å². The molecule has 3 heterocycles. The fourth-order valence-electron chi connectivity index (χ4n) is 2.93. The highest BCUT2D eigenvalue weighted by Gasteiger charge is 2.16. The van der Waals surface area contributed by atoms with Crippen LogP contribution in [0.4, 0.5) is 5.82 Å². The fourth-order valence-corrected chi connectivity index (χ4v) is 2.93. The van der Waals surface area contributed by atoms with Gasteiger partial charge in [-0.2, -0.15) is 5.10 Å². The number of rotatable bonds is 2. The number of piperazine rings is 1. The van der Waals surface area contributed by atoms with E-state index in [2.05, 4.69) is 45.2 Å². The Balaban J connectivity index is 0.000000569. The number of hydrogen-bond acceptors (Lipinski definition) is 5. The van der Waals surface area contributed by atoms with Gasteiger partial charge in [0.25, 0.3) is 6.47 Å².